The molecule has 0 aliphatic heterocycles. The second kappa shape index (κ2) is 15.7. The maximum atomic E-state index is 12.3. The van der Waals surface area contributed by atoms with Gasteiger partial charge in [0.2, 0.25) is 0 Å². The van der Waals surface area contributed by atoms with E-state index in [0.29, 0.717) is 0 Å². The van der Waals surface area contributed by atoms with Crippen LogP contribution in [-0.2, 0) is 9.47 Å². The van der Waals surface area contributed by atoms with Gasteiger partial charge in [-0.05, 0) is 50.0 Å². The van der Waals surface area contributed by atoms with Crippen molar-refractivity contribution in [2.24, 2.45) is 0 Å². The van der Waals surface area contributed by atoms with Crippen molar-refractivity contribution in [2.45, 2.75) is 78.1 Å². The summed E-state index contributed by atoms with van der Waals surface area (Å²) in [7, 11) is 0. The first-order valence-electron chi connectivity index (χ1n) is 10.5. The molecule has 0 N–H and O–H groups in total. The lowest BCUT2D eigenvalue weighted by atomic mass is 10.1. The van der Waals surface area contributed by atoms with E-state index in [-0.39, 0.29) is 11.1 Å². The van der Waals surface area contributed by atoms with Gasteiger partial charge in [0.15, 0.2) is 0 Å². The highest BCUT2D eigenvalue weighted by Crippen LogP contribution is 2.13. The molecule has 1 aromatic carbocycles. The summed E-state index contributed by atoms with van der Waals surface area (Å²) < 4.78 is 10.3. The topological polar surface area (TPSA) is 52.6 Å². The Kier molecular flexibility index (Phi) is 13.3. The molecule has 154 valence electrons. The minimum absolute atomic E-state index is 0.208. The lowest BCUT2D eigenvalue weighted by Gasteiger charge is -2.06. The Morgan fingerprint density at radius 2 is 1.14 bits per heavy atom. The van der Waals surface area contributed by atoms with Crippen LogP contribution in [0.4, 0.5) is 0 Å². The van der Waals surface area contributed by atoms with Crippen molar-refractivity contribution >= 4 is 11.9 Å². The number of carbonyl (C=O) groups is 2. The van der Waals surface area contributed by atoms with E-state index in [1.165, 1.54) is 51.0 Å². The highest BCUT2D eigenvalue weighted by atomic mass is 16.5. The number of allylic oxidation sites excluding steroid dienone is 2. The van der Waals surface area contributed by atoms with Gasteiger partial charge in [-0.2, -0.15) is 0 Å². The standard InChI is InChI=1S/C24H34O4/c1-3-5-7-9-11-15-19-27-23(25)21-17-13-14-18-22(21)24(26)28-20-16-12-10-8-6-4-2/h13-20H,3-12H2,1-2H3. The summed E-state index contributed by atoms with van der Waals surface area (Å²) >= 11 is 0. The number of unbranched alkanes of at least 4 members (excludes halogenated alkanes) is 8. The molecule has 0 spiro atoms. The zero-order chi connectivity index (χ0) is 20.5. The normalized spacial score (nSPS) is 11.2. The summed E-state index contributed by atoms with van der Waals surface area (Å²) in [6.45, 7) is 4.34. The van der Waals surface area contributed by atoms with Crippen LogP contribution in [0.1, 0.15) is 98.8 Å². The van der Waals surface area contributed by atoms with Crippen LogP contribution in [0.5, 0.6) is 0 Å². The van der Waals surface area contributed by atoms with E-state index >= 15 is 0 Å². The lowest BCUT2D eigenvalue weighted by molar-refractivity contribution is 0.0617. The molecular weight excluding hydrogens is 352 g/mol. The van der Waals surface area contributed by atoms with Gasteiger partial charge < -0.3 is 9.47 Å². The fourth-order valence-corrected chi connectivity index (χ4v) is 2.70. The van der Waals surface area contributed by atoms with Crippen LogP contribution in [0.3, 0.4) is 0 Å². The molecule has 0 saturated heterocycles. The number of hydrogen-bond donors (Lipinski definition) is 0. The summed E-state index contributed by atoms with van der Waals surface area (Å²) in [5.74, 6) is -1.11. The minimum Gasteiger partial charge on any atom is -0.431 e. The van der Waals surface area contributed by atoms with Crippen molar-refractivity contribution in [1.82, 2.24) is 0 Å². The fourth-order valence-electron chi connectivity index (χ4n) is 2.70. The molecule has 0 aliphatic carbocycles. The molecule has 1 aromatic rings. The van der Waals surface area contributed by atoms with E-state index in [2.05, 4.69) is 13.8 Å². The van der Waals surface area contributed by atoms with E-state index in [4.69, 9.17) is 9.47 Å². The molecule has 0 saturated carbocycles. The third kappa shape index (κ3) is 10.1. The van der Waals surface area contributed by atoms with Crippen LogP contribution < -0.4 is 0 Å². The number of rotatable bonds is 14. The zero-order valence-electron chi connectivity index (χ0n) is 17.3. The van der Waals surface area contributed by atoms with Gasteiger partial charge in [0.1, 0.15) is 0 Å². The predicted molar refractivity (Wildman–Crippen MR) is 113 cm³/mol. The van der Waals surface area contributed by atoms with E-state index in [0.717, 1.165) is 25.7 Å². The smallest absolute Gasteiger partial charge is 0.343 e. The third-order valence-corrected chi connectivity index (χ3v) is 4.36. The Labute approximate surface area is 169 Å². The molecule has 0 unspecified atom stereocenters. The van der Waals surface area contributed by atoms with E-state index < -0.39 is 11.9 Å². The summed E-state index contributed by atoms with van der Waals surface area (Å²) in [6, 6.07) is 6.54. The maximum Gasteiger partial charge on any atom is 0.343 e. The van der Waals surface area contributed by atoms with Gasteiger partial charge >= 0.3 is 11.9 Å². The van der Waals surface area contributed by atoms with E-state index in [1.54, 1.807) is 24.3 Å². The van der Waals surface area contributed by atoms with Gasteiger partial charge in [-0.3, -0.25) is 0 Å². The Bertz CT molecular complexity index is 576. The second-order valence-electron chi connectivity index (χ2n) is 6.80. The SMILES string of the molecule is CCCCCCC=COC(=O)c1ccccc1C(=O)OC=CCCCCCC. The Hall–Kier alpha value is -2.36. The summed E-state index contributed by atoms with van der Waals surface area (Å²) in [5.41, 5.74) is 0.416. The number of ether oxygens (including phenoxy) is 2. The van der Waals surface area contributed by atoms with Crippen LogP contribution in [0.2, 0.25) is 0 Å². The molecule has 1 rings (SSSR count). The first-order chi connectivity index (χ1) is 13.7. The summed E-state index contributed by atoms with van der Waals surface area (Å²) in [6.07, 6.45) is 17.6. The Balaban J connectivity index is 2.49. The molecule has 0 atom stereocenters. The van der Waals surface area contributed by atoms with Gasteiger partial charge in [0.05, 0.1) is 23.7 Å². The van der Waals surface area contributed by atoms with E-state index in [9.17, 15) is 9.59 Å². The van der Waals surface area contributed by atoms with Crippen molar-refractivity contribution in [2.75, 3.05) is 0 Å². The first kappa shape index (κ1) is 23.7. The van der Waals surface area contributed by atoms with Crippen LogP contribution in [0.15, 0.2) is 48.9 Å². The molecule has 0 fully saturated rings. The minimum atomic E-state index is -0.555. The van der Waals surface area contributed by atoms with Gasteiger partial charge in [-0.25, -0.2) is 9.59 Å². The summed E-state index contributed by atoms with van der Waals surface area (Å²) in [5, 5.41) is 0. The van der Waals surface area contributed by atoms with Gasteiger partial charge in [0.25, 0.3) is 0 Å². The van der Waals surface area contributed by atoms with Crippen LogP contribution in [-0.4, -0.2) is 11.9 Å². The molecule has 0 amide bonds. The largest absolute Gasteiger partial charge is 0.431 e. The molecule has 28 heavy (non-hydrogen) atoms. The van der Waals surface area contributed by atoms with E-state index in [1.807, 2.05) is 12.2 Å². The highest BCUT2D eigenvalue weighted by Gasteiger charge is 2.18. The molecular formula is C24H34O4. The molecule has 0 aromatic heterocycles. The second-order valence-corrected chi connectivity index (χ2v) is 6.80. The van der Waals surface area contributed by atoms with Crippen molar-refractivity contribution in [3.8, 4) is 0 Å². The fraction of sp³-hybridized carbons (Fsp3) is 0.500. The van der Waals surface area contributed by atoms with Crippen molar-refractivity contribution < 1.29 is 19.1 Å². The number of esters is 2. The Morgan fingerprint density at radius 1 is 0.714 bits per heavy atom. The Morgan fingerprint density at radius 3 is 1.54 bits per heavy atom. The lowest BCUT2D eigenvalue weighted by Crippen LogP contribution is -2.10. The predicted octanol–water partition coefficient (Wildman–Crippen LogP) is 6.97. The number of benzene rings is 1. The first-order valence-corrected chi connectivity index (χ1v) is 10.5. The molecule has 4 heteroatoms. The molecule has 0 bridgehead atoms. The van der Waals surface area contributed by atoms with Crippen molar-refractivity contribution in [3.05, 3.63) is 60.1 Å². The number of carbonyl (C=O) groups excluding carboxylic acids is 2. The van der Waals surface area contributed by atoms with Crippen molar-refractivity contribution in [3.63, 3.8) is 0 Å². The molecule has 4 nitrogen and oxygen atoms in total. The highest BCUT2D eigenvalue weighted by molar-refractivity contribution is 6.03. The quantitative estimate of drug-likeness (QED) is 0.197. The van der Waals surface area contributed by atoms with Gasteiger partial charge in [0, 0.05) is 0 Å². The number of hydrogen-bond acceptors (Lipinski definition) is 4. The van der Waals surface area contributed by atoms with Crippen LogP contribution in [0.25, 0.3) is 0 Å². The average Bonchev–Trinajstić information content (AvgIpc) is 2.72. The van der Waals surface area contributed by atoms with Crippen LogP contribution >= 0.6 is 0 Å². The van der Waals surface area contributed by atoms with Crippen LogP contribution in [0, 0.1) is 0 Å². The van der Waals surface area contributed by atoms with Crippen molar-refractivity contribution in [1.29, 1.82) is 0 Å². The third-order valence-electron chi connectivity index (χ3n) is 4.36. The average molecular weight is 387 g/mol. The van der Waals surface area contributed by atoms with Gasteiger partial charge in [-0.15, -0.1) is 0 Å². The monoisotopic (exact) mass is 386 g/mol. The maximum absolute atomic E-state index is 12.3. The molecule has 0 aliphatic rings. The summed E-state index contributed by atoms with van der Waals surface area (Å²) in [4.78, 5) is 24.6. The molecule has 0 heterocycles. The zero-order valence-corrected chi connectivity index (χ0v) is 17.3. The molecule has 0 radical (unpaired) electrons. The van der Waals surface area contributed by atoms with Gasteiger partial charge in [-0.1, -0.05) is 64.5 Å².